The largest absolute Gasteiger partial charge is 0.339 e. The molecular formula is C19H22N2O. The third-order valence-corrected chi connectivity index (χ3v) is 3.56. The summed E-state index contributed by atoms with van der Waals surface area (Å²) in [6.45, 7) is 7.43. The maximum atomic E-state index is 12.2. The molecule has 2 aromatic rings. The summed E-state index contributed by atoms with van der Waals surface area (Å²) in [7, 11) is 0. The van der Waals surface area contributed by atoms with Crippen LogP contribution < -0.4 is 0 Å². The average Bonchev–Trinajstić information content (AvgIpc) is 2.54. The zero-order valence-electron chi connectivity index (χ0n) is 13.4. The van der Waals surface area contributed by atoms with Gasteiger partial charge in [-0.15, -0.1) is 0 Å². The average molecular weight is 294 g/mol. The molecule has 1 heterocycles. The topological polar surface area (TPSA) is 33.2 Å². The lowest BCUT2D eigenvalue weighted by atomic mass is 10.1. The molecule has 0 N–H and O–H groups in total. The van der Waals surface area contributed by atoms with Gasteiger partial charge in [-0.3, -0.25) is 9.78 Å². The predicted molar refractivity (Wildman–Crippen MR) is 91.6 cm³/mol. The normalized spacial score (nSPS) is 10.9. The lowest BCUT2D eigenvalue weighted by Gasteiger charge is -2.18. The predicted octanol–water partition coefficient (Wildman–Crippen LogP) is 4.04. The van der Waals surface area contributed by atoms with Gasteiger partial charge in [0.1, 0.15) is 0 Å². The lowest BCUT2D eigenvalue weighted by molar-refractivity contribution is 0.0773. The Morgan fingerprint density at radius 2 is 1.73 bits per heavy atom. The fraction of sp³-hybridized carbons (Fsp3) is 0.263. The molecule has 3 nitrogen and oxygen atoms in total. The SMILES string of the molecule is CCN(CC)C(=O)c1ccc(/C=C/c2cccc(C)n2)cc1. The summed E-state index contributed by atoms with van der Waals surface area (Å²) >= 11 is 0. The molecule has 0 aliphatic carbocycles. The quantitative estimate of drug-likeness (QED) is 0.833. The van der Waals surface area contributed by atoms with Crippen molar-refractivity contribution in [3.63, 3.8) is 0 Å². The first-order valence-corrected chi connectivity index (χ1v) is 7.65. The van der Waals surface area contributed by atoms with Gasteiger partial charge in [0, 0.05) is 24.3 Å². The summed E-state index contributed by atoms with van der Waals surface area (Å²) in [5.74, 6) is 0.0841. The minimum absolute atomic E-state index is 0.0841. The number of carbonyl (C=O) groups is 1. The maximum Gasteiger partial charge on any atom is 0.253 e. The van der Waals surface area contributed by atoms with Crippen molar-refractivity contribution in [3.8, 4) is 0 Å². The molecule has 0 unspecified atom stereocenters. The highest BCUT2D eigenvalue weighted by Gasteiger charge is 2.11. The zero-order valence-corrected chi connectivity index (χ0v) is 13.4. The molecule has 2 rings (SSSR count). The molecule has 1 aromatic carbocycles. The molecule has 3 heteroatoms. The number of amides is 1. The summed E-state index contributed by atoms with van der Waals surface area (Å²) in [4.78, 5) is 18.5. The Balaban J connectivity index is 2.10. The Hall–Kier alpha value is -2.42. The van der Waals surface area contributed by atoms with Gasteiger partial charge in [0.25, 0.3) is 5.91 Å². The molecule has 22 heavy (non-hydrogen) atoms. The summed E-state index contributed by atoms with van der Waals surface area (Å²) in [6.07, 6.45) is 3.99. The highest BCUT2D eigenvalue weighted by atomic mass is 16.2. The van der Waals surface area contributed by atoms with Gasteiger partial charge in [0.15, 0.2) is 0 Å². The van der Waals surface area contributed by atoms with E-state index in [2.05, 4.69) is 4.98 Å². The highest BCUT2D eigenvalue weighted by molar-refractivity contribution is 5.94. The van der Waals surface area contributed by atoms with Crippen LogP contribution in [0.4, 0.5) is 0 Å². The first-order chi connectivity index (χ1) is 10.6. The van der Waals surface area contributed by atoms with E-state index < -0.39 is 0 Å². The van der Waals surface area contributed by atoms with Crippen molar-refractivity contribution in [2.24, 2.45) is 0 Å². The Labute approximate surface area is 132 Å². The molecule has 0 radical (unpaired) electrons. The van der Waals surface area contributed by atoms with Gasteiger partial charge in [0.2, 0.25) is 0 Å². The summed E-state index contributed by atoms with van der Waals surface area (Å²) in [5, 5.41) is 0. The van der Waals surface area contributed by atoms with Gasteiger partial charge in [0.05, 0.1) is 5.69 Å². The van der Waals surface area contributed by atoms with Crippen LogP contribution in [0, 0.1) is 6.92 Å². The maximum absolute atomic E-state index is 12.2. The second-order valence-corrected chi connectivity index (χ2v) is 5.14. The van der Waals surface area contributed by atoms with E-state index in [0.29, 0.717) is 0 Å². The molecule has 0 bridgehead atoms. The number of aryl methyl sites for hydroxylation is 1. The molecule has 0 saturated carbocycles. The van der Waals surface area contributed by atoms with E-state index in [1.807, 2.05) is 80.3 Å². The van der Waals surface area contributed by atoms with E-state index in [9.17, 15) is 4.79 Å². The van der Waals surface area contributed by atoms with Gasteiger partial charge >= 0.3 is 0 Å². The number of rotatable bonds is 5. The van der Waals surface area contributed by atoms with Crippen LogP contribution in [0.3, 0.4) is 0 Å². The number of hydrogen-bond donors (Lipinski definition) is 0. The van der Waals surface area contributed by atoms with Crippen LogP contribution in [-0.4, -0.2) is 28.9 Å². The Morgan fingerprint density at radius 1 is 1.05 bits per heavy atom. The van der Waals surface area contributed by atoms with Crippen LogP contribution in [0.1, 0.15) is 41.2 Å². The van der Waals surface area contributed by atoms with Crippen molar-refractivity contribution in [1.82, 2.24) is 9.88 Å². The van der Waals surface area contributed by atoms with E-state index >= 15 is 0 Å². The smallest absolute Gasteiger partial charge is 0.253 e. The number of carbonyl (C=O) groups excluding carboxylic acids is 1. The van der Waals surface area contributed by atoms with Crippen LogP contribution in [0.25, 0.3) is 12.2 Å². The van der Waals surface area contributed by atoms with Crippen molar-refractivity contribution in [1.29, 1.82) is 0 Å². The molecule has 0 aliphatic heterocycles. The monoisotopic (exact) mass is 294 g/mol. The number of pyridine rings is 1. The molecule has 114 valence electrons. The number of hydrogen-bond acceptors (Lipinski definition) is 2. The molecule has 0 fully saturated rings. The molecule has 1 aromatic heterocycles. The standard InChI is InChI=1S/C19H22N2O/c1-4-21(5-2)19(22)17-12-9-16(10-13-17)11-14-18-8-6-7-15(3)20-18/h6-14H,4-5H2,1-3H3/b14-11+. The van der Waals surface area contributed by atoms with E-state index in [1.54, 1.807) is 0 Å². The third-order valence-electron chi connectivity index (χ3n) is 3.56. The minimum atomic E-state index is 0.0841. The van der Waals surface area contributed by atoms with E-state index in [1.165, 1.54) is 0 Å². The first-order valence-electron chi connectivity index (χ1n) is 7.65. The Bertz CT molecular complexity index is 655. The van der Waals surface area contributed by atoms with E-state index in [4.69, 9.17) is 0 Å². The Kier molecular flexibility index (Phi) is 5.48. The lowest BCUT2D eigenvalue weighted by Crippen LogP contribution is -2.30. The van der Waals surface area contributed by atoms with Crippen LogP contribution in [-0.2, 0) is 0 Å². The van der Waals surface area contributed by atoms with Crippen molar-refractivity contribution in [2.75, 3.05) is 13.1 Å². The van der Waals surface area contributed by atoms with Crippen LogP contribution in [0.5, 0.6) is 0 Å². The summed E-state index contributed by atoms with van der Waals surface area (Å²) < 4.78 is 0. The second-order valence-electron chi connectivity index (χ2n) is 5.14. The second kappa shape index (κ2) is 7.55. The molecule has 0 aliphatic rings. The third kappa shape index (κ3) is 4.04. The van der Waals surface area contributed by atoms with Gasteiger partial charge in [-0.1, -0.05) is 24.3 Å². The summed E-state index contributed by atoms with van der Waals surface area (Å²) in [5.41, 5.74) is 3.72. The van der Waals surface area contributed by atoms with Crippen LogP contribution in [0.15, 0.2) is 42.5 Å². The minimum Gasteiger partial charge on any atom is -0.339 e. The van der Waals surface area contributed by atoms with Crippen molar-refractivity contribution in [2.45, 2.75) is 20.8 Å². The van der Waals surface area contributed by atoms with E-state index in [-0.39, 0.29) is 5.91 Å². The highest BCUT2D eigenvalue weighted by Crippen LogP contribution is 2.11. The van der Waals surface area contributed by atoms with E-state index in [0.717, 1.165) is 35.6 Å². The van der Waals surface area contributed by atoms with Gasteiger partial charge in [-0.25, -0.2) is 0 Å². The van der Waals surface area contributed by atoms with Gasteiger partial charge in [-0.2, -0.15) is 0 Å². The molecular weight excluding hydrogens is 272 g/mol. The van der Waals surface area contributed by atoms with Crippen LogP contribution in [0.2, 0.25) is 0 Å². The van der Waals surface area contributed by atoms with Crippen LogP contribution >= 0.6 is 0 Å². The number of benzene rings is 1. The summed E-state index contributed by atoms with van der Waals surface area (Å²) in [6, 6.07) is 13.6. The fourth-order valence-electron chi connectivity index (χ4n) is 2.27. The van der Waals surface area contributed by atoms with Gasteiger partial charge < -0.3 is 4.90 Å². The first kappa shape index (κ1) is 16.0. The Morgan fingerprint density at radius 3 is 2.32 bits per heavy atom. The fourth-order valence-corrected chi connectivity index (χ4v) is 2.27. The van der Waals surface area contributed by atoms with Crippen molar-refractivity contribution in [3.05, 3.63) is 65.0 Å². The zero-order chi connectivity index (χ0) is 15.9. The van der Waals surface area contributed by atoms with Crippen molar-refractivity contribution >= 4 is 18.1 Å². The number of nitrogens with zero attached hydrogens (tertiary/aromatic N) is 2. The number of aromatic nitrogens is 1. The van der Waals surface area contributed by atoms with Crippen molar-refractivity contribution < 1.29 is 4.79 Å². The molecule has 0 atom stereocenters. The molecule has 0 spiro atoms. The van der Waals surface area contributed by atoms with Gasteiger partial charge in [-0.05, 0) is 56.7 Å². The molecule has 0 saturated heterocycles. The molecule has 1 amide bonds.